The number of fused-ring (bicyclic) bond motifs is 2. The fourth-order valence-electron chi connectivity index (χ4n) is 12.2. The van der Waals surface area contributed by atoms with Crippen LogP contribution in [0.25, 0.3) is 0 Å². The number of hydrogen-bond acceptors (Lipinski definition) is 9. The zero-order valence-electron chi connectivity index (χ0n) is 25.5. The standard InChI is InChI=1S/C33H47NO8/c1-6-34-16-31(17-38-3)14-13-21(39-4)32-20-15-19-25(42-30(37)18-11-9-8-10-12-18)22(20)33(41-7-2,29(36)26(19)40-5)23(28(32)34)24(35)27(31)32/h8-12,19-29,35-36H,6-7,13-17H2,1-5H3/t19-,20+,21-,22+,23-,24-,25-,26+,27+,28+,29-,31-,32-,33+/m0/s1. The van der Waals surface area contributed by atoms with Gasteiger partial charge in [-0.15, -0.1) is 0 Å². The first-order chi connectivity index (χ1) is 20.3. The summed E-state index contributed by atoms with van der Waals surface area (Å²) in [7, 11) is 5.19. The minimum absolute atomic E-state index is 0.0170. The van der Waals surface area contributed by atoms with Gasteiger partial charge in [-0.25, -0.2) is 4.79 Å². The third-order valence-corrected chi connectivity index (χ3v) is 12.8. The Labute approximate surface area is 248 Å². The zero-order chi connectivity index (χ0) is 29.6. The summed E-state index contributed by atoms with van der Waals surface area (Å²) in [5.74, 6) is -1.43. The third-order valence-electron chi connectivity index (χ3n) is 12.8. The summed E-state index contributed by atoms with van der Waals surface area (Å²) < 4.78 is 31.8. The highest BCUT2D eigenvalue weighted by Crippen LogP contribution is 2.79. The van der Waals surface area contributed by atoms with Gasteiger partial charge in [0.2, 0.25) is 0 Å². The maximum atomic E-state index is 13.6. The number of aliphatic hydroxyl groups excluding tert-OH is 2. The average Bonchev–Trinajstić information content (AvgIpc) is 3.41. The van der Waals surface area contributed by atoms with Crippen LogP contribution in [-0.4, -0.2) is 111 Å². The van der Waals surface area contributed by atoms with Crippen molar-refractivity contribution in [3.8, 4) is 0 Å². The number of likely N-dealkylation sites (tertiary alicyclic amines) is 1. The monoisotopic (exact) mass is 585 g/mol. The Morgan fingerprint density at radius 3 is 2.45 bits per heavy atom. The summed E-state index contributed by atoms with van der Waals surface area (Å²) in [4.78, 5) is 16.2. The summed E-state index contributed by atoms with van der Waals surface area (Å²) >= 11 is 0. The summed E-state index contributed by atoms with van der Waals surface area (Å²) in [6.45, 7) is 6.69. The molecule has 0 radical (unpaired) electrons. The van der Waals surface area contributed by atoms with Gasteiger partial charge in [0.05, 0.1) is 30.5 Å². The van der Waals surface area contributed by atoms with Crippen molar-refractivity contribution in [2.24, 2.45) is 40.4 Å². The minimum Gasteiger partial charge on any atom is -0.458 e. The second kappa shape index (κ2) is 10.2. The van der Waals surface area contributed by atoms with Crippen LogP contribution in [-0.2, 0) is 23.7 Å². The molecule has 14 atom stereocenters. The molecular weight excluding hydrogens is 538 g/mol. The lowest BCUT2D eigenvalue weighted by molar-refractivity contribution is -0.311. The molecule has 0 amide bonds. The van der Waals surface area contributed by atoms with Gasteiger partial charge in [-0.1, -0.05) is 25.1 Å². The number of esters is 1. The van der Waals surface area contributed by atoms with Gasteiger partial charge in [0.15, 0.2) is 0 Å². The predicted molar refractivity (Wildman–Crippen MR) is 153 cm³/mol. The highest BCUT2D eigenvalue weighted by Gasteiger charge is 2.88. The molecule has 1 spiro atoms. The van der Waals surface area contributed by atoms with E-state index in [9.17, 15) is 15.0 Å². The molecule has 5 saturated carbocycles. The molecule has 1 aromatic rings. The van der Waals surface area contributed by atoms with Crippen LogP contribution < -0.4 is 0 Å². The topological polar surface area (TPSA) is 107 Å². The van der Waals surface area contributed by atoms with Gasteiger partial charge in [-0.3, -0.25) is 4.90 Å². The molecule has 42 heavy (non-hydrogen) atoms. The fraction of sp³-hybridized carbons (Fsp3) is 0.788. The number of piperidine rings is 1. The fourth-order valence-corrected chi connectivity index (χ4v) is 12.2. The van der Waals surface area contributed by atoms with E-state index in [1.54, 1.807) is 33.5 Å². The van der Waals surface area contributed by atoms with Crippen LogP contribution >= 0.6 is 0 Å². The van der Waals surface area contributed by atoms with Crippen molar-refractivity contribution in [1.82, 2.24) is 4.90 Å². The van der Waals surface area contributed by atoms with Crippen LogP contribution in [0.1, 0.15) is 43.5 Å². The molecule has 7 bridgehead atoms. The second-order valence-corrected chi connectivity index (χ2v) is 13.8. The van der Waals surface area contributed by atoms with E-state index in [1.807, 2.05) is 25.1 Å². The van der Waals surface area contributed by atoms with Crippen LogP contribution in [0.15, 0.2) is 30.3 Å². The van der Waals surface area contributed by atoms with E-state index in [0.717, 1.165) is 25.9 Å². The number of carbonyl (C=O) groups excluding carboxylic acids is 1. The van der Waals surface area contributed by atoms with Crippen molar-refractivity contribution in [3.05, 3.63) is 35.9 Å². The van der Waals surface area contributed by atoms with Crippen molar-refractivity contribution in [1.29, 1.82) is 0 Å². The van der Waals surface area contributed by atoms with E-state index in [4.69, 9.17) is 23.7 Å². The Morgan fingerprint density at radius 1 is 1.05 bits per heavy atom. The smallest absolute Gasteiger partial charge is 0.338 e. The van der Waals surface area contributed by atoms with Crippen molar-refractivity contribution in [3.63, 3.8) is 0 Å². The molecular formula is C33H47NO8. The lowest BCUT2D eigenvalue weighted by atomic mass is 9.43. The summed E-state index contributed by atoms with van der Waals surface area (Å²) in [5.41, 5.74) is -1.33. The lowest BCUT2D eigenvalue weighted by Crippen LogP contribution is -2.79. The maximum absolute atomic E-state index is 13.6. The molecule has 9 heteroatoms. The van der Waals surface area contributed by atoms with Crippen molar-refractivity contribution < 1.29 is 38.7 Å². The minimum atomic E-state index is -1.16. The van der Waals surface area contributed by atoms with E-state index < -0.39 is 41.3 Å². The quantitative estimate of drug-likeness (QED) is 0.423. The Morgan fingerprint density at radius 2 is 1.81 bits per heavy atom. The van der Waals surface area contributed by atoms with Crippen LogP contribution in [0.4, 0.5) is 0 Å². The molecule has 1 aliphatic heterocycles. The lowest BCUT2D eigenvalue weighted by Gasteiger charge is -2.70. The zero-order valence-corrected chi connectivity index (χ0v) is 25.5. The van der Waals surface area contributed by atoms with Crippen molar-refractivity contribution in [2.45, 2.75) is 75.3 Å². The molecule has 9 nitrogen and oxygen atoms in total. The molecule has 0 aromatic heterocycles. The van der Waals surface area contributed by atoms with E-state index in [-0.39, 0.29) is 47.2 Å². The first-order valence-corrected chi connectivity index (χ1v) is 15.9. The van der Waals surface area contributed by atoms with Crippen LogP contribution in [0, 0.1) is 40.4 Å². The van der Waals surface area contributed by atoms with Gasteiger partial charge in [0.25, 0.3) is 0 Å². The van der Waals surface area contributed by atoms with Crippen LogP contribution in [0.5, 0.6) is 0 Å². The summed E-state index contributed by atoms with van der Waals surface area (Å²) in [6.07, 6.45) is -0.457. The Balaban J connectivity index is 1.46. The van der Waals surface area contributed by atoms with Gasteiger partial charge in [0, 0.05) is 75.0 Å². The Bertz CT molecular complexity index is 1180. The van der Waals surface area contributed by atoms with E-state index in [0.29, 0.717) is 25.2 Å². The predicted octanol–water partition coefficient (Wildman–Crippen LogP) is 2.38. The highest BCUT2D eigenvalue weighted by atomic mass is 16.6. The third kappa shape index (κ3) is 3.31. The first kappa shape index (κ1) is 29.1. The number of nitrogens with zero attached hydrogens (tertiary/aromatic N) is 1. The molecule has 1 heterocycles. The molecule has 6 fully saturated rings. The number of hydrogen-bond donors (Lipinski definition) is 2. The number of aliphatic hydroxyl groups is 2. The Hall–Kier alpha value is -1.59. The molecule has 232 valence electrons. The molecule has 6 aliphatic rings. The van der Waals surface area contributed by atoms with Crippen molar-refractivity contribution >= 4 is 5.97 Å². The van der Waals surface area contributed by atoms with Crippen molar-refractivity contribution in [2.75, 3.05) is 47.6 Å². The molecule has 1 saturated heterocycles. The summed E-state index contributed by atoms with van der Waals surface area (Å²) in [5, 5.41) is 25.1. The van der Waals surface area contributed by atoms with Gasteiger partial charge >= 0.3 is 5.97 Å². The van der Waals surface area contributed by atoms with Gasteiger partial charge in [0.1, 0.15) is 17.8 Å². The SMILES string of the molecule is CCO[C@]12[C@H]3[C@@H](OC(=O)c4ccccc4)[C@H](C[C@H]3[C@@]34[C@@H](OC)CC[C@@]5(COC)CN(CC)[C@@H]3[C@@H]1[C@H](O)[C@H]54)[C@@H](OC)[C@@H]2O. The highest BCUT2D eigenvalue weighted by molar-refractivity contribution is 5.89. The number of rotatable bonds is 9. The first-order valence-electron chi connectivity index (χ1n) is 15.9. The second-order valence-electron chi connectivity index (χ2n) is 13.8. The Kier molecular flexibility index (Phi) is 7.09. The normalized spacial score (nSPS) is 50.1. The molecule has 1 aromatic carbocycles. The molecule has 7 rings (SSSR count). The largest absolute Gasteiger partial charge is 0.458 e. The van der Waals surface area contributed by atoms with E-state index >= 15 is 0 Å². The number of methoxy groups -OCH3 is 3. The van der Waals surface area contributed by atoms with Gasteiger partial charge < -0.3 is 33.9 Å². The van der Waals surface area contributed by atoms with Gasteiger partial charge in [-0.05, 0) is 50.8 Å². The average molecular weight is 586 g/mol. The number of benzene rings is 1. The molecule has 0 unspecified atom stereocenters. The summed E-state index contributed by atoms with van der Waals surface area (Å²) in [6, 6.07) is 9.03. The number of carbonyl (C=O) groups is 1. The molecule has 2 N–H and O–H groups in total. The maximum Gasteiger partial charge on any atom is 0.338 e. The van der Waals surface area contributed by atoms with E-state index in [2.05, 4.69) is 11.8 Å². The van der Waals surface area contributed by atoms with E-state index in [1.165, 1.54) is 0 Å². The molecule has 5 aliphatic carbocycles. The van der Waals surface area contributed by atoms with Gasteiger partial charge in [-0.2, -0.15) is 0 Å². The van der Waals surface area contributed by atoms with Crippen LogP contribution in [0.3, 0.4) is 0 Å². The number of ether oxygens (including phenoxy) is 5. The van der Waals surface area contributed by atoms with Crippen LogP contribution in [0.2, 0.25) is 0 Å².